The molecule has 2 aromatic rings. The second-order valence-electron chi connectivity index (χ2n) is 6.23. The summed E-state index contributed by atoms with van der Waals surface area (Å²) in [6, 6.07) is 3.40. The fraction of sp³-hybridized carbons (Fsp3) is 0.500. The molecule has 0 unspecified atom stereocenters. The van der Waals surface area contributed by atoms with E-state index in [1.54, 1.807) is 21.9 Å². The van der Waals surface area contributed by atoms with Gasteiger partial charge in [0.15, 0.2) is 11.6 Å². The van der Waals surface area contributed by atoms with Crippen LogP contribution >= 0.6 is 0 Å². The summed E-state index contributed by atoms with van der Waals surface area (Å²) in [6.07, 6.45) is 1.51. The highest BCUT2D eigenvalue weighted by atomic mass is 16.3. The van der Waals surface area contributed by atoms with Crippen LogP contribution in [0, 0.1) is 0 Å². The Kier molecular flexibility index (Phi) is 4.84. The van der Waals surface area contributed by atoms with Gasteiger partial charge in [0.2, 0.25) is 11.9 Å². The van der Waals surface area contributed by atoms with Crippen molar-refractivity contribution in [3.8, 4) is 0 Å². The number of amides is 1. The maximum Gasteiger partial charge on any atom is 0.289 e. The van der Waals surface area contributed by atoms with Gasteiger partial charge < -0.3 is 20.0 Å². The van der Waals surface area contributed by atoms with E-state index >= 15 is 0 Å². The molecular formula is C16H23N7O2. The molecule has 3 heterocycles. The summed E-state index contributed by atoms with van der Waals surface area (Å²) in [7, 11) is 3.73. The number of furan rings is 1. The lowest BCUT2D eigenvalue weighted by Gasteiger charge is -2.37. The van der Waals surface area contributed by atoms with Crippen molar-refractivity contribution < 1.29 is 9.21 Å². The lowest BCUT2D eigenvalue weighted by Crippen LogP contribution is -2.49. The SMILES string of the molecule is C[C@@H](c1nc(N)nc(N(C)C)n1)N1CCN(C(=O)c2ccco2)CC1. The Hall–Kier alpha value is -2.68. The number of hydrogen-bond acceptors (Lipinski definition) is 8. The number of hydrogen-bond donors (Lipinski definition) is 1. The number of rotatable bonds is 4. The summed E-state index contributed by atoms with van der Waals surface area (Å²) < 4.78 is 5.19. The minimum absolute atomic E-state index is 0.00938. The minimum atomic E-state index is -0.0726. The molecule has 2 N–H and O–H groups in total. The normalized spacial score (nSPS) is 16.7. The van der Waals surface area contributed by atoms with Crippen LogP contribution in [0.1, 0.15) is 29.3 Å². The molecule has 0 radical (unpaired) electrons. The average molecular weight is 345 g/mol. The molecule has 1 fully saturated rings. The maximum atomic E-state index is 12.3. The Labute approximate surface area is 146 Å². The highest BCUT2D eigenvalue weighted by Gasteiger charge is 2.28. The number of aromatic nitrogens is 3. The van der Waals surface area contributed by atoms with Gasteiger partial charge in [-0.3, -0.25) is 9.69 Å². The van der Waals surface area contributed by atoms with Gasteiger partial charge >= 0.3 is 0 Å². The van der Waals surface area contributed by atoms with Crippen molar-refractivity contribution >= 4 is 17.8 Å². The van der Waals surface area contributed by atoms with Crippen molar-refractivity contribution in [3.63, 3.8) is 0 Å². The first kappa shape index (κ1) is 17.2. The van der Waals surface area contributed by atoms with Gasteiger partial charge in [-0.05, 0) is 19.1 Å². The van der Waals surface area contributed by atoms with Crippen LogP contribution in [0.25, 0.3) is 0 Å². The van der Waals surface area contributed by atoms with Crippen LogP contribution < -0.4 is 10.6 Å². The summed E-state index contributed by atoms with van der Waals surface area (Å²) in [5.74, 6) is 1.70. The van der Waals surface area contributed by atoms with E-state index in [1.165, 1.54) is 6.26 Å². The van der Waals surface area contributed by atoms with Crippen LogP contribution in [0.15, 0.2) is 22.8 Å². The van der Waals surface area contributed by atoms with Crippen molar-refractivity contribution in [3.05, 3.63) is 30.0 Å². The molecule has 25 heavy (non-hydrogen) atoms. The van der Waals surface area contributed by atoms with Crippen LogP contribution in [0.5, 0.6) is 0 Å². The number of nitrogens with two attached hydrogens (primary N) is 1. The van der Waals surface area contributed by atoms with E-state index in [0.717, 1.165) is 13.1 Å². The molecule has 0 saturated carbocycles. The number of piperazine rings is 1. The van der Waals surface area contributed by atoms with E-state index in [-0.39, 0.29) is 17.9 Å². The predicted molar refractivity (Wildman–Crippen MR) is 93.2 cm³/mol. The third-order valence-corrected chi connectivity index (χ3v) is 4.31. The predicted octanol–water partition coefficient (Wildman–Crippen LogP) is 0.632. The molecule has 3 rings (SSSR count). The molecule has 1 atom stereocenters. The molecule has 1 aliphatic heterocycles. The van der Waals surface area contributed by atoms with Gasteiger partial charge in [0.1, 0.15) is 0 Å². The smallest absolute Gasteiger partial charge is 0.289 e. The quantitative estimate of drug-likeness (QED) is 0.860. The second kappa shape index (κ2) is 7.06. The fourth-order valence-corrected chi connectivity index (χ4v) is 2.82. The zero-order valence-electron chi connectivity index (χ0n) is 14.7. The zero-order chi connectivity index (χ0) is 18.0. The van der Waals surface area contributed by atoms with E-state index in [4.69, 9.17) is 10.2 Å². The second-order valence-corrected chi connectivity index (χ2v) is 6.23. The molecule has 1 saturated heterocycles. The molecule has 9 heteroatoms. The van der Waals surface area contributed by atoms with E-state index < -0.39 is 0 Å². The third-order valence-electron chi connectivity index (χ3n) is 4.31. The lowest BCUT2D eigenvalue weighted by atomic mass is 10.2. The number of carbonyl (C=O) groups excluding carboxylic acids is 1. The molecule has 0 spiro atoms. The molecule has 0 aliphatic carbocycles. The highest BCUT2D eigenvalue weighted by molar-refractivity contribution is 5.91. The Balaban J connectivity index is 1.65. The zero-order valence-corrected chi connectivity index (χ0v) is 14.7. The van der Waals surface area contributed by atoms with Crippen LogP contribution in [0.4, 0.5) is 11.9 Å². The van der Waals surface area contributed by atoms with Gasteiger partial charge in [-0.15, -0.1) is 0 Å². The Morgan fingerprint density at radius 1 is 1.24 bits per heavy atom. The van der Waals surface area contributed by atoms with Gasteiger partial charge in [0.25, 0.3) is 5.91 Å². The largest absolute Gasteiger partial charge is 0.459 e. The highest BCUT2D eigenvalue weighted by Crippen LogP contribution is 2.21. The van der Waals surface area contributed by atoms with Crippen LogP contribution in [0.3, 0.4) is 0 Å². The van der Waals surface area contributed by atoms with Gasteiger partial charge in [-0.1, -0.05) is 0 Å². The van der Waals surface area contributed by atoms with Crippen molar-refractivity contribution in [2.45, 2.75) is 13.0 Å². The van der Waals surface area contributed by atoms with E-state index in [2.05, 4.69) is 19.9 Å². The first-order valence-corrected chi connectivity index (χ1v) is 8.21. The number of carbonyl (C=O) groups is 1. The van der Waals surface area contributed by atoms with E-state index in [0.29, 0.717) is 30.6 Å². The van der Waals surface area contributed by atoms with Crippen LogP contribution in [-0.4, -0.2) is 70.9 Å². The molecule has 134 valence electrons. The van der Waals surface area contributed by atoms with Gasteiger partial charge in [0, 0.05) is 40.3 Å². The summed E-state index contributed by atoms with van der Waals surface area (Å²) in [5, 5.41) is 0. The molecule has 1 amide bonds. The molecule has 2 aromatic heterocycles. The first-order valence-electron chi connectivity index (χ1n) is 8.21. The summed E-state index contributed by atoms with van der Waals surface area (Å²) in [4.78, 5) is 31.1. The topological polar surface area (TPSA) is 105 Å². The number of nitrogens with zero attached hydrogens (tertiary/aromatic N) is 6. The van der Waals surface area contributed by atoms with Crippen molar-refractivity contribution in [2.75, 3.05) is 50.9 Å². The van der Waals surface area contributed by atoms with E-state index in [1.807, 2.05) is 21.0 Å². The standard InChI is InChI=1S/C16H23N7O2/c1-11(13-18-15(17)20-16(19-13)21(2)3)22-6-8-23(9-7-22)14(24)12-5-4-10-25-12/h4-5,10-11H,6-9H2,1-3H3,(H2,17,18,19,20)/t11-/m0/s1. The molecule has 1 aliphatic rings. The third kappa shape index (κ3) is 3.71. The van der Waals surface area contributed by atoms with Crippen LogP contribution in [-0.2, 0) is 0 Å². The Bertz CT molecular complexity index is 724. The fourth-order valence-electron chi connectivity index (χ4n) is 2.82. The van der Waals surface area contributed by atoms with Gasteiger partial charge in [-0.2, -0.15) is 15.0 Å². The Morgan fingerprint density at radius 2 is 1.96 bits per heavy atom. The number of nitrogen functional groups attached to an aromatic ring is 1. The van der Waals surface area contributed by atoms with Crippen LogP contribution in [0.2, 0.25) is 0 Å². The van der Waals surface area contributed by atoms with Crippen molar-refractivity contribution in [2.24, 2.45) is 0 Å². The van der Waals surface area contributed by atoms with E-state index in [9.17, 15) is 4.79 Å². The summed E-state index contributed by atoms with van der Waals surface area (Å²) >= 11 is 0. The summed E-state index contributed by atoms with van der Waals surface area (Å²) in [6.45, 7) is 4.77. The maximum absolute atomic E-state index is 12.3. The molecule has 9 nitrogen and oxygen atoms in total. The van der Waals surface area contributed by atoms with Crippen molar-refractivity contribution in [1.29, 1.82) is 0 Å². The Morgan fingerprint density at radius 3 is 2.56 bits per heavy atom. The van der Waals surface area contributed by atoms with Gasteiger partial charge in [0.05, 0.1) is 12.3 Å². The minimum Gasteiger partial charge on any atom is -0.459 e. The molecular weight excluding hydrogens is 322 g/mol. The van der Waals surface area contributed by atoms with Gasteiger partial charge in [-0.25, -0.2) is 0 Å². The first-order chi connectivity index (χ1) is 12.0. The monoisotopic (exact) mass is 345 g/mol. The molecule has 0 aromatic carbocycles. The summed E-state index contributed by atoms with van der Waals surface area (Å²) in [5.41, 5.74) is 5.81. The number of anilines is 2. The average Bonchev–Trinajstić information content (AvgIpc) is 3.14. The molecule has 0 bridgehead atoms. The lowest BCUT2D eigenvalue weighted by molar-refractivity contribution is 0.0546. The van der Waals surface area contributed by atoms with Crippen molar-refractivity contribution in [1.82, 2.24) is 24.8 Å².